The zero-order valence-electron chi connectivity index (χ0n) is 15.1. The Labute approximate surface area is 157 Å². The van der Waals surface area contributed by atoms with Gasteiger partial charge in [-0.05, 0) is 29.8 Å². The highest BCUT2D eigenvalue weighted by Gasteiger charge is 2.30. The Hall–Kier alpha value is -2.64. The number of hydrogen-bond acceptors (Lipinski definition) is 6. The van der Waals surface area contributed by atoms with Crippen LogP contribution in [-0.2, 0) is 0 Å². The van der Waals surface area contributed by atoms with E-state index in [1.54, 1.807) is 19.2 Å². The molecule has 0 amide bonds. The molecular weight excluding hydrogens is 347 g/mol. The summed E-state index contributed by atoms with van der Waals surface area (Å²) in [6.45, 7) is 1.05. The number of pyridine rings is 1. The minimum atomic E-state index is -0.540. The monoisotopic (exact) mass is 370 g/mol. The molecule has 0 bridgehead atoms. The summed E-state index contributed by atoms with van der Waals surface area (Å²) in [5, 5.41) is 13.2. The van der Waals surface area contributed by atoms with Crippen molar-refractivity contribution in [2.45, 2.75) is 24.6 Å². The van der Waals surface area contributed by atoms with E-state index in [1.165, 1.54) is 6.07 Å². The zero-order chi connectivity index (χ0) is 19.0. The van der Waals surface area contributed by atoms with Gasteiger partial charge in [0.1, 0.15) is 17.4 Å². The number of benzene rings is 1. The molecule has 2 aromatic rings. The molecule has 1 aromatic heterocycles. The van der Waals surface area contributed by atoms with Crippen LogP contribution in [0.25, 0.3) is 5.57 Å². The fourth-order valence-corrected chi connectivity index (χ4v) is 3.70. The number of aromatic nitrogens is 1. The Kier molecular flexibility index (Phi) is 4.72. The van der Waals surface area contributed by atoms with Gasteiger partial charge in [-0.25, -0.2) is 9.37 Å². The Morgan fingerprint density at radius 2 is 2.07 bits per heavy atom. The molecule has 2 aliphatic heterocycles. The van der Waals surface area contributed by atoms with Crippen molar-refractivity contribution < 1.29 is 14.2 Å². The third-order valence-electron chi connectivity index (χ3n) is 5.17. The third kappa shape index (κ3) is 3.36. The first-order valence-corrected chi connectivity index (χ1v) is 9.00. The Bertz CT molecular complexity index is 863. The van der Waals surface area contributed by atoms with Gasteiger partial charge in [0.05, 0.1) is 30.5 Å². The van der Waals surface area contributed by atoms with Gasteiger partial charge >= 0.3 is 0 Å². The van der Waals surface area contributed by atoms with Crippen LogP contribution in [0.15, 0.2) is 42.6 Å². The second kappa shape index (κ2) is 7.17. The number of nitrogens with two attached hydrogens (primary N) is 1. The minimum Gasteiger partial charge on any atom is -0.496 e. The highest BCUT2D eigenvalue weighted by molar-refractivity contribution is 5.73. The van der Waals surface area contributed by atoms with Crippen LogP contribution in [0.2, 0.25) is 0 Å². The zero-order valence-corrected chi connectivity index (χ0v) is 15.1. The summed E-state index contributed by atoms with van der Waals surface area (Å²) in [7, 11) is 1.54. The predicted molar refractivity (Wildman–Crippen MR) is 102 cm³/mol. The summed E-state index contributed by atoms with van der Waals surface area (Å²) < 4.78 is 19.7. The van der Waals surface area contributed by atoms with Gasteiger partial charge < -0.3 is 25.8 Å². The van der Waals surface area contributed by atoms with Crippen LogP contribution in [0.3, 0.4) is 0 Å². The SMILES string of the molecule is COc1cccc(F)c1C1=CNC(c2cccc(N3C[C@@H](N)[C@H](O)C3)n2)C1. The lowest BCUT2D eigenvalue weighted by Gasteiger charge is -2.19. The van der Waals surface area contributed by atoms with Crippen molar-refractivity contribution in [1.29, 1.82) is 0 Å². The average molecular weight is 370 g/mol. The van der Waals surface area contributed by atoms with Gasteiger partial charge in [-0.1, -0.05) is 12.1 Å². The second-order valence-corrected chi connectivity index (χ2v) is 6.97. The molecule has 4 N–H and O–H groups in total. The van der Waals surface area contributed by atoms with E-state index in [2.05, 4.69) is 5.32 Å². The Morgan fingerprint density at radius 1 is 1.26 bits per heavy atom. The van der Waals surface area contributed by atoms with Gasteiger partial charge in [0.25, 0.3) is 0 Å². The molecule has 4 rings (SSSR count). The van der Waals surface area contributed by atoms with E-state index in [0.29, 0.717) is 30.8 Å². The maximum atomic E-state index is 14.4. The molecule has 0 saturated carbocycles. The van der Waals surface area contributed by atoms with E-state index >= 15 is 0 Å². The topological polar surface area (TPSA) is 83.6 Å². The molecule has 1 unspecified atom stereocenters. The average Bonchev–Trinajstić information content (AvgIpc) is 3.29. The minimum absolute atomic E-state index is 0.0505. The molecule has 6 nitrogen and oxygen atoms in total. The van der Waals surface area contributed by atoms with E-state index in [9.17, 15) is 9.50 Å². The van der Waals surface area contributed by atoms with E-state index in [1.807, 2.05) is 29.3 Å². The normalized spacial score (nSPS) is 24.7. The Balaban J connectivity index is 1.53. The number of ether oxygens (including phenoxy) is 1. The van der Waals surface area contributed by atoms with Crippen molar-refractivity contribution in [2.75, 3.05) is 25.1 Å². The number of β-amino-alcohol motifs (C(OH)–C–C–N with tert-alkyl or cyclic N) is 1. The quantitative estimate of drug-likeness (QED) is 0.761. The highest BCUT2D eigenvalue weighted by Crippen LogP contribution is 2.37. The van der Waals surface area contributed by atoms with E-state index in [0.717, 1.165) is 17.1 Å². The fraction of sp³-hybridized carbons (Fsp3) is 0.350. The largest absolute Gasteiger partial charge is 0.496 e. The van der Waals surface area contributed by atoms with Crippen molar-refractivity contribution in [1.82, 2.24) is 10.3 Å². The molecule has 3 atom stereocenters. The number of methoxy groups -OCH3 is 1. The number of anilines is 1. The summed E-state index contributed by atoms with van der Waals surface area (Å²) in [6, 6.07) is 10.3. The number of aliphatic hydroxyl groups excluding tert-OH is 1. The van der Waals surface area contributed by atoms with Gasteiger partial charge in [0.15, 0.2) is 0 Å². The fourth-order valence-electron chi connectivity index (χ4n) is 3.70. The molecule has 142 valence electrons. The molecule has 3 heterocycles. The van der Waals surface area contributed by atoms with Crippen molar-refractivity contribution in [3.05, 3.63) is 59.7 Å². The lowest BCUT2D eigenvalue weighted by molar-refractivity contribution is 0.180. The van der Waals surface area contributed by atoms with Crippen molar-refractivity contribution in [2.24, 2.45) is 5.73 Å². The van der Waals surface area contributed by atoms with Crippen LogP contribution < -0.4 is 20.7 Å². The van der Waals surface area contributed by atoms with Gasteiger partial charge in [-0.2, -0.15) is 0 Å². The van der Waals surface area contributed by atoms with Crippen LogP contribution in [0.5, 0.6) is 5.75 Å². The number of nitrogens with zero attached hydrogens (tertiary/aromatic N) is 2. The predicted octanol–water partition coefficient (Wildman–Crippen LogP) is 1.81. The van der Waals surface area contributed by atoms with Gasteiger partial charge in [-0.3, -0.25) is 0 Å². The number of aliphatic hydroxyl groups is 1. The highest BCUT2D eigenvalue weighted by atomic mass is 19.1. The van der Waals surface area contributed by atoms with Crippen LogP contribution in [0, 0.1) is 5.82 Å². The van der Waals surface area contributed by atoms with Crippen LogP contribution in [0.1, 0.15) is 23.7 Å². The van der Waals surface area contributed by atoms with Crippen molar-refractivity contribution in [3.8, 4) is 5.75 Å². The molecule has 0 spiro atoms. The summed E-state index contributed by atoms with van der Waals surface area (Å²) in [6.07, 6.45) is 1.90. The van der Waals surface area contributed by atoms with E-state index in [-0.39, 0.29) is 17.9 Å². The maximum Gasteiger partial charge on any atom is 0.134 e. The second-order valence-electron chi connectivity index (χ2n) is 6.97. The third-order valence-corrected chi connectivity index (χ3v) is 5.17. The molecule has 27 heavy (non-hydrogen) atoms. The van der Waals surface area contributed by atoms with Gasteiger partial charge in [-0.15, -0.1) is 0 Å². The molecule has 0 aliphatic carbocycles. The van der Waals surface area contributed by atoms with Crippen molar-refractivity contribution in [3.63, 3.8) is 0 Å². The van der Waals surface area contributed by atoms with Gasteiger partial charge in [0, 0.05) is 31.8 Å². The summed E-state index contributed by atoms with van der Waals surface area (Å²) in [5.41, 5.74) is 8.10. The van der Waals surface area contributed by atoms with E-state index in [4.69, 9.17) is 15.5 Å². The molecule has 0 radical (unpaired) electrons. The number of rotatable bonds is 4. The summed E-state index contributed by atoms with van der Waals surface area (Å²) >= 11 is 0. The molecular formula is C20H23FN4O2. The van der Waals surface area contributed by atoms with Crippen LogP contribution in [-0.4, -0.2) is 42.4 Å². The molecule has 2 aliphatic rings. The maximum absolute atomic E-state index is 14.4. The van der Waals surface area contributed by atoms with Crippen LogP contribution >= 0.6 is 0 Å². The van der Waals surface area contributed by atoms with Crippen molar-refractivity contribution >= 4 is 11.4 Å². The standard InChI is InChI=1S/C20H23FN4O2/c1-27-18-6-2-4-13(21)20(18)12-8-16(23-9-12)15-5-3-7-19(24-15)25-10-14(22)17(26)11-25/h2-7,9,14,16-17,23,26H,8,10-11,22H2,1H3/t14-,16?,17-/m1/s1. The molecule has 7 heteroatoms. The Morgan fingerprint density at radius 3 is 2.81 bits per heavy atom. The first-order chi connectivity index (χ1) is 13.1. The number of nitrogens with one attached hydrogen (secondary N) is 1. The number of halogens is 1. The molecule has 1 fully saturated rings. The van der Waals surface area contributed by atoms with Gasteiger partial charge in [0.2, 0.25) is 0 Å². The number of hydrogen-bond donors (Lipinski definition) is 3. The lowest BCUT2D eigenvalue weighted by Crippen LogP contribution is -2.32. The summed E-state index contributed by atoms with van der Waals surface area (Å²) in [5.74, 6) is 1.01. The smallest absolute Gasteiger partial charge is 0.134 e. The first kappa shape index (κ1) is 17.8. The lowest BCUT2D eigenvalue weighted by atomic mass is 9.99. The molecule has 1 aromatic carbocycles. The summed E-state index contributed by atoms with van der Waals surface area (Å²) in [4.78, 5) is 6.73. The first-order valence-electron chi connectivity index (χ1n) is 9.00. The van der Waals surface area contributed by atoms with Crippen LogP contribution in [0.4, 0.5) is 10.2 Å². The van der Waals surface area contributed by atoms with E-state index < -0.39 is 6.10 Å². The molecule has 1 saturated heterocycles.